The van der Waals surface area contributed by atoms with Crippen molar-refractivity contribution in [1.82, 2.24) is 9.80 Å². The van der Waals surface area contributed by atoms with Gasteiger partial charge in [0.15, 0.2) is 0 Å². The molecule has 1 N–H and O–H groups in total. The summed E-state index contributed by atoms with van der Waals surface area (Å²) in [5.41, 5.74) is -0.221. The third kappa shape index (κ3) is 3.99. The second kappa shape index (κ2) is 7.29. The zero-order valence-corrected chi connectivity index (χ0v) is 12.7. The largest absolute Gasteiger partial charge is 0.387 e. The van der Waals surface area contributed by atoms with Crippen LogP contribution in [-0.4, -0.2) is 53.7 Å². The lowest BCUT2D eigenvalue weighted by Gasteiger charge is -2.38. The number of aliphatic hydroxyl groups is 1. The highest BCUT2D eigenvalue weighted by Gasteiger charge is 2.24. The lowest BCUT2D eigenvalue weighted by Crippen LogP contribution is -2.50. The minimum atomic E-state index is -1.12. The van der Waals surface area contributed by atoms with E-state index < -0.39 is 17.7 Å². The Balaban J connectivity index is 1.91. The van der Waals surface area contributed by atoms with E-state index in [1.54, 1.807) is 0 Å². The van der Waals surface area contributed by atoms with E-state index in [9.17, 15) is 13.9 Å². The van der Waals surface area contributed by atoms with Gasteiger partial charge in [0.1, 0.15) is 11.6 Å². The average Bonchev–Trinajstić information content (AvgIpc) is 2.47. The number of nitrogens with zero attached hydrogens (tertiary/aromatic N) is 2. The quantitative estimate of drug-likeness (QED) is 0.904. The summed E-state index contributed by atoms with van der Waals surface area (Å²) >= 11 is 0. The van der Waals surface area contributed by atoms with Crippen molar-refractivity contribution in [1.29, 1.82) is 0 Å². The van der Waals surface area contributed by atoms with Crippen molar-refractivity contribution in [3.05, 3.63) is 35.4 Å². The Morgan fingerprint density at radius 2 is 1.71 bits per heavy atom. The maximum absolute atomic E-state index is 13.6. The van der Waals surface area contributed by atoms with Gasteiger partial charge in [-0.2, -0.15) is 0 Å². The molecule has 1 aromatic rings. The van der Waals surface area contributed by atoms with Crippen LogP contribution in [0.15, 0.2) is 18.2 Å². The van der Waals surface area contributed by atoms with Gasteiger partial charge in [0.25, 0.3) is 0 Å². The summed E-state index contributed by atoms with van der Waals surface area (Å²) in [5.74, 6) is -1.36. The first-order chi connectivity index (χ1) is 10.0. The smallest absolute Gasteiger partial charge is 0.131 e. The van der Waals surface area contributed by atoms with Crippen LogP contribution in [0.4, 0.5) is 8.78 Å². The van der Waals surface area contributed by atoms with Crippen molar-refractivity contribution in [2.75, 3.05) is 32.7 Å². The van der Waals surface area contributed by atoms with Gasteiger partial charge in [0.05, 0.1) is 11.7 Å². The molecule has 1 aliphatic rings. The second-order valence-electron chi connectivity index (χ2n) is 5.74. The molecule has 3 nitrogen and oxygen atoms in total. The number of β-amino-alcohol motifs (C(OH)–C–C–N with tert-alkyl or cyclic N) is 1. The molecule has 2 rings (SSSR count). The molecule has 1 fully saturated rings. The Morgan fingerprint density at radius 3 is 2.24 bits per heavy atom. The summed E-state index contributed by atoms with van der Waals surface area (Å²) in [5, 5.41) is 10.1. The summed E-state index contributed by atoms with van der Waals surface area (Å²) in [7, 11) is 0. The van der Waals surface area contributed by atoms with Gasteiger partial charge in [0, 0.05) is 38.8 Å². The van der Waals surface area contributed by atoms with Crippen molar-refractivity contribution >= 4 is 0 Å². The Labute approximate surface area is 125 Å². The van der Waals surface area contributed by atoms with Crippen LogP contribution >= 0.6 is 0 Å². The minimum Gasteiger partial charge on any atom is -0.387 e. The molecule has 0 aromatic heterocycles. The van der Waals surface area contributed by atoms with Gasteiger partial charge in [-0.3, -0.25) is 9.80 Å². The first-order valence-electron chi connectivity index (χ1n) is 7.61. The first-order valence-corrected chi connectivity index (χ1v) is 7.61. The molecule has 1 aliphatic heterocycles. The third-order valence-electron chi connectivity index (χ3n) is 4.39. The van der Waals surface area contributed by atoms with Crippen LogP contribution in [0.25, 0.3) is 0 Å². The SMILES string of the molecule is CCC(C)N1CCN(CC(O)c2c(F)cccc2F)CC1. The van der Waals surface area contributed by atoms with Gasteiger partial charge in [-0.15, -0.1) is 0 Å². The standard InChI is InChI=1S/C16H24F2N2O/c1-3-12(2)20-9-7-19(8-10-20)11-15(21)16-13(17)5-4-6-14(16)18/h4-6,12,15,21H,3,7-11H2,1-2H3. The number of halogens is 2. The maximum atomic E-state index is 13.6. The van der Waals surface area contributed by atoms with E-state index in [1.165, 1.54) is 18.2 Å². The summed E-state index contributed by atoms with van der Waals surface area (Å²) in [6.45, 7) is 8.14. The molecular weight excluding hydrogens is 274 g/mol. The molecule has 118 valence electrons. The molecule has 0 bridgehead atoms. The molecule has 0 radical (unpaired) electrons. The lowest BCUT2D eigenvalue weighted by molar-refractivity contribution is 0.0558. The molecule has 0 aliphatic carbocycles. The fourth-order valence-electron chi connectivity index (χ4n) is 2.81. The number of aliphatic hydroxyl groups excluding tert-OH is 1. The van der Waals surface area contributed by atoms with E-state index in [-0.39, 0.29) is 12.1 Å². The van der Waals surface area contributed by atoms with Crippen LogP contribution in [-0.2, 0) is 0 Å². The average molecular weight is 298 g/mol. The summed E-state index contributed by atoms with van der Waals surface area (Å²) in [4.78, 5) is 4.47. The minimum absolute atomic E-state index is 0.221. The summed E-state index contributed by atoms with van der Waals surface area (Å²) in [6.07, 6.45) is -0.00960. The van der Waals surface area contributed by atoms with E-state index in [1.807, 2.05) is 0 Å². The van der Waals surface area contributed by atoms with Crippen molar-refractivity contribution in [3.8, 4) is 0 Å². The Bertz CT molecular complexity index is 441. The first kappa shape index (κ1) is 16.3. The van der Waals surface area contributed by atoms with E-state index in [0.29, 0.717) is 6.04 Å². The zero-order chi connectivity index (χ0) is 15.4. The van der Waals surface area contributed by atoms with Gasteiger partial charge in [0.2, 0.25) is 0 Å². The van der Waals surface area contributed by atoms with Crippen molar-refractivity contribution in [2.24, 2.45) is 0 Å². The highest BCUT2D eigenvalue weighted by atomic mass is 19.1. The molecule has 21 heavy (non-hydrogen) atoms. The predicted octanol–water partition coefficient (Wildman–Crippen LogP) is 2.41. The summed E-state index contributed by atoms with van der Waals surface area (Å²) in [6, 6.07) is 4.23. The Morgan fingerprint density at radius 1 is 1.14 bits per heavy atom. The van der Waals surface area contributed by atoms with Crippen molar-refractivity contribution in [3.63, 3.8) is 0 Å². The number of hydrogen-bond donors (Lipinski definition) is 1. The molecule has 2 unspecified atom stereocenters. The predicted molar refractivity (Wildman–Crippen MR) is 79.1 cm³/mol. The van der Waals surface area contributed by atoms with Crippen LogP contribution in [0.5, 0.6) is 0 Å². The highest BCUT2D eigenvalue weighted by molar-refractivity contribution is 5.22. The Hall–Kier alpha value is -1.04. The lowest BCUT2D eigenvalue weighted by atomic mass is 10.1. The van der Waals surface area contributed by atoms with E-state index in [2.05, 4.69) is 23.6 Å². The molecule has 2 atom stereocenters. The van der Waals surface area contributed by atoms with E-state index in [0.717, 1.165) is 32.6 Å². The van der Waals surface area contributed by atoms with Gasteiger partial charge in [-0.1, -0.05) is 13.0 Å². The normalized spacial score (nSPS) is 20.4. The van der Waals surface area contributed by atoms with Crippen LogP contribution in [0, 0.1) is 11.6 Å². The van der Waals surface area contributed by atoms with Crippen LogP contribution in [0.3, 0.4) is 0 Å². The van der Waals surface area contributed by atoms with Crippen LogP contribution in [0.1, 0.15) is 31.9 Å². The molecule has 0 saturated carbocycles. The number of piperazine rings is 1. The number of rotatable bonds is 5. The summed E-state index contributed by atoms with van der Waals surface area (Å²) < 4.78 is 27.3. The molecule has 1 aromatic carbocycles. The van der Waals surface area contributed by atoms with Crippen molar-refractivity contribution < 1.29 is 13.9 Å². The van der Waals surface area contributed by atoms with Gasteiger partial charge >= 0.3 is 0 Å². The third-order valence-corrected chi connectivity index (χ3v) is 4.39. The number of hydrogen-bond acceptors (Lipinski definition) is 3. The fraction of sp³-hybridized carbons (Fsp3) is 0.625. The fourth-order valence-corrected chi connectivity index (χ4v) is 2.81. The highest BCUT2D eigenvalue weighted by Crippen LogP contribution is 2.22. The van der Waals surface area contributed by atoms with Crippen LogP contribution < -0.4 is 0 Å². The molecule has 1 heterocycles. The molecular formula is C16H24F2N2O. The Kier molecular flexibility index (Phi) is 5.67. The molecule has 5 heteroatoms. The van der Waals surface area contributed by atoms with Gasteiger partial charge < -0.3 is 5.11 Å². The molecule has 0 amide bonds. The van der Waals surface area contributed by atoms with Gasteiger partial charge in [-0.25, -0.2) is 8.78 Å². The topological polar surface area (TPSA) is 26.7 Å². The monoisotopic (exact) mass is 298 g/mol. The molecule has 0 spiro atoms. The second-order valence-corrected chi connectivity index (χ2v) is 5.74. The zero-order valence-electron chi connectivity index (χ0n) is 12.7. The van der Waals surface area contributed by atoms with Crippen molar-refractivity contribution in [2.45, 2.75) is 32.4 Å². The van der Waals surface area contributed by atoms with Crippen LogP contribution in [0.2, 0.25) is 0 Å². The maximum Gasteiger partial charge on any atom is 0.131 e. The van der Waals surface area contributed by atoms with E-state index >= 15 is 0 Å². The molecule has 1 saturated heterocycles. The number of benzene rings is 1. The van der Waals surface area contributed by atoms with Gasteiger partial charge in [-0.05, 0) is 25.5 Å². The van der Waals surface area contributed by atoms with E-state index in [4.69, 9.17) is 0 Å².